The van der Waals surface area contributed by atoms with Crippen molar-refractivity contribution in [1.29, 1.82) is 0 Å². The van der Waals surface area contributed by atoms with E-state index in [4.69, 9.17) is 0 Å². The summed E-state index contributed by atoms with van der Waals surface area (Å²) in [7, 11) is 0. The second-order valence-corrected chi connectivity index (χ2v) is 5.67. The van der Waals surface area contributed by atoms with Crippen molar-refractivity contribution in [2.75, 3.05) is 6.54 Å². The number of aryl methyl sites for hydroxylation is 3. The summed E-state index contributed by atoms with van der Waals surface area (Å²) in [5.41, 5.74) is 5.50. The zero-order chi connectivity index (χ0) is 13.2. The molecule has 0 atom stereocenters. The molecule has 0 unspecified atom stereocenters. The number of hydrogen-bond donors (Lipinski definition) is 0. The lowest BCUT2D eigenvalue weighted by atomic mass is 9.74. The van der Waals surface area contributed by atoms with Crippen molar-refractivity contribution in [2.24, 2.45) is 4.99 Å². The Hall–Kier alpha value is -1.40. The second kappa shape index (κ2) is 5.07. The van der Waals surface area contributed by atoms with Crippen molar-refractivity contribution in [3.05, 3.63) is 34.4 Å². The average molecular weight is 243 g/mol. The first-order valence-electron chi connectivity index (χ1n) is 6.71. The number of isocyanates is 1. The van der Waals surface area contributed by atoms with Gasteiger partial charge in [-0.15, -0.1) is 0 Å². The highest BCUT2D eigenvalue weighted by molar-refractivity contribution is 5.44. The highest BCUT2D eigenvalue weighted by Crippen LogP contribution is 2.44. The van der Waals surface area contributed by atoms with Gasteiger partial charge in [-0.3, -0.25) is 0 Å². The maximum Gasteiger partial charge on any atom is 0.234 e. The van der Waals surface area contributed by atoms with E-state index in [1.165, 1.54) is 35.1 Å². The van der Waals surface area contributed by atoms with E-state index in [2.05, 4.69) is 37.9 Å². The lowest BCUT2D eigenvalue weighted by Gasteiger charge is -2.31. The fourth-order valence-corrected chi connectivity index (χ4v) is 3.74. The number of hydrogen-bond acceptors (Lipinski definition) is 2. The van der Waals surface area contributed by atoms with Crippen molar-refractivity contribution in [2.45, 2.75) is 51.9 Å². The van der Waals surface area contributed by atoms with Crippen molar-refractivity contribution in [1.82, 2.24) is 0 Å². The van der Waals surface area contributed by atoms with Gasteiger partial charge in [0.05, 0.1) is 6.54 Å². The molecule has 1 aromatic carbocycles. The van der Waals surface area contributed by atoms with Crippen LogP contribution in [0.1, 0.15) is 47.9 Å². The minimum absolute atomic E-state index is 0.0826. The van der Waals surface area contributed by atoms with Crippen LogP contribution in [0.3, 0.4) is 0 Å². The van der Waals surface area contributed by atoms with Crippen LogP contribution in [0.4, 0.5) is 0 Å². The normalized spacial score (nSPS) is 17.5. The van der Waals surface area contributed by atoms with Crippen molar-refractivity contribution >= 4 is 6.08 Å². The molecule has 0 bridgehead atoms. The second-order valence-electron chi connectivity index (χ2n) is 5.67. The Labute approximate surface area is 109 Å². The summed E-state index contributed by atoms with van der Waals surface area (Å²) in [5, 5.41) is 0. The largest absolute Gasteiger partial charge is 0.234 e. The van der Waals surface area contributed by atoms with Gasteiger partial charge in [-0.25, -0.2) is 9.79 Å². The van der Waals surface area contributed by atoms with Gasteiger partial charge in [0, 0.05) is 5.41 Å². The summed E-state index contributed by atoms with van der Waals surface area (Å²) in [6.07, 6.45) is 6.47. The summed E-state index contributed by atoms with van der Waals surface area (Å²) in [4.78, 5) is 14.4. The lowest BCUT2D eigenvalue weighted by Crippen LogP contribution is -2.28. The fraction of sp³-hybridized carbons (Fsp3) is 0.562. The molecule has 0 aromatic heterocycles. The van der Waals surface area contributed by atoms with Gasteiger partial charge in [0.25, 0.3) is 0 Å². The zero-order valence-electron chi connectivity index (χ0n) is 11.5. The first kappa shape index (κ1) is 13.0. The molecule has 2 nitrogen and oxygen atoms in total. The molecule has 96 valence electrons. The molecule has 1 saturated carbocycles. The average Bonchev–Trinajstić information content (AvgIpc) is 2.74. The number of aliphatic imine (C=N–C) groups is 1. The van der Waals surface area contributed by atoms with Crippen LogP contribution < -0.4 is 0 Å². The number of rotatable bonds is 3. The number of carbonyl (C=O) groups excluding carboxylic acids is 1. The van der Waals surface area contributed by atoms with Crippen LogP contribution in [0.2, 0.25) is 0 Å². The minimum Gasteiger partial charge on any atom is -0.211 e. The molecule has 1 fully saturated rings. The third kappa shape index (κ3) is 2.26. The van der Waals surface area contributed by atoms with E-state index >= 15 is 0 Å². The van der Waals surface area contributed by atoms with E-state index in [1.54, 1.807) is 6.08 Å². The quantitative estimate of drug-likeness (QED) is 0.587. The van der Waals surface area contributed by atoms with Crippen LogP contribution >= 0.6 is 0 Å². The first-order valence-corrected chi connectivity index (χ1v) is 6.71. The Morgan fingerprint density at radius 2 is 1.72 bits per heavy atom. The summed E-state index contributed by atoms with van der Waals surface area (Å²) < 4.78 is 0. The van der Waals surface area contributed by atoms with Gasteiger partial charge < -0.3 is 0 Å². The molecule has 0 heterocycles. The highest BCUT2D eigenvalue weighted by Gasteiger charge is 2.37. The van der Waals surface area contributed by atoms with E-state index in [1.807, 2.05) is 0 Å². The van der Waals surface area contributed by atoms with E-state index < -0.39 is 0 Å². The van der Waals surface area contributed by atoms with Crippen LogP contribution in [0.15, 0.2) is 17.1 Å². The highest BCUT2D eigenvalue weighted by atomic mass is 16.1. The first-order chi connectivity index (χ1) is 8.59. The van der Waals surface area contributed by atoms with Crippen LogP contribution in [-0.4, -0.2) is 12.6 Å². The molecule has 0 aliphatic heterocycles. The Morgan fingerprint density at radius 3 is 2.22 bits per heavy atom. The van der Waals surface area contributed by atoms with E-state index in [-0.39, 0.29) is 5.41 Å². The summed E-state index contributed by atoms with van der Waals surface area (Å²) in [6.45, 7) is 7.09. The van der Waals surface area contributed by atoms with Gasteiger partial charge >= 0.3 is 0 Å². The van der Waals surface area contributed by atoms with Crippen molar-refractivity contribution < 1.29 is 4.79 Å². The summed E-state index contributed by atoms with van der Waals surface area (Å²) in [5.74, 6) is 0. The van der Waals surface area contributed by atoms with Gasteiger partial charge in [0.1, 0.15) is 0 Å². The molecule has 1 aliphatic carbocycles. The third-order valence-corrected chi connectivity index (χ3v) is 4.21. The monoisotopic (exact) mass is 243 g/mol. The molecule has 0 saturated heterocycles. The third-order valence-electron chi connectivity index (χ3n) is 4.21. The summed E-state index contributed by atoms with van der Waals surface area (Å²) >= 11 is 0. The van der Waals surface area contributed by atoms with Crippen LogP contribution in [-0.2, 0) is 10.2 Å². The van der Waals surface area contributed by atoms with E-state index in [9.17, 15) is 4.79 Å². The Morgan fingerprint density at radius 1 is 1.17 bits per heavy atom. The predicted octanol–water partition coefficient (Wildman–Crippen LogP) is 3.76. The Bertz CT molecular complexity index is 469. The fourth-order valence-electron chi connectivity index (χ4n) is 3.74. The maximum atomic E-state index is 10.5. The maximum absolute atomic E-state index is 10.5. The van der Waals surface area contributed by atoms with Crippen LogP contribution in [0, 0.1) is 20.8 Å². The van der Waals surface area contributed by atoms with Gasteiger partial charge in [-0.2, -0.15) is 0 Å². The lowest BCUT2D eigenvalue weighted by molar-refractivity contribution is 0.446. The molecule has 18 heavy (non-hydrogen) atoms. The molecule has 2 heteroatoms. The van der Waals surface area contributed by atoms with Crippen LogP contribution in [0.5, 0.6) is 0 Å². The van der Waals surface area contributed by atoms with Gasteiger partial charge in [-0.05, 0) is 50.3 Å². The number of nitrogens with zero attached hydrogens (tertiary/aromatic N) is 1. The molecule has 0 N–H and O–H groups in total. The summed E-state index contributed by atoms with van der Waals surface area (Å²) in [6, 6.07) is 4.49. The molecule has 1 aromatic rings. The van der Waals surface area contributed by atoms with Crippen molar-refractivity contribution in [3.63, 3.8) is 0 Å². The van der Waals surface area contributed by atoms with E-state index in [0.29, 0.717) is 6.54 Å². The zero-order valence-corrected chi connectivity index (χ0v) is 11.5. The minimum atomic E-state index is 0.0826. The van der Waals surface area contributed by atoms with E-state index in [0.717, 1.165) is 12.8 Å². The van der Waals surface area contributed by atoms with Gasteiger partial charge in [0.15, 0.2) is 0 Å². The molecule has 0 spiro atoms. The van der Waals surface area contributed by atoms with Gasteiger partial charge in [0.2, 0.25) is 6.08 Å². The van der Waals surface area contributed by atoms with Gasteiger partial charge in [-0.1, -0.05) is 30.5 Å². The molecular formula is C16H21NO. The molecule has 0 radical (unpaired) electrons. The van der Waals surface area contributed by atoms with Crippen molar-refractivity contribution in [3.8, 4) is 0 Å². The van der Waals surface area contributed by atoms with Crippen LogP contribution in [0.25, 0.3) is 0 Å². The standard InChI is InChI=1S/C16H21NO/c1-12-8-13(2)15(14(3)9-12)16(10-17-11-18)6-4-5-7-16/h8-9H,4-7,10H2,1-3H3. The molecule has 1 aliphatic rings. The molecular weight excluding hydrogens is 222 g/mol. The Balaban J connectivity index is 2.52. The molecule has 2 rings (SSSR count). The smallest absolute Gasteiger partial charge is 0.211 e. The SMILES string of the molecule is Cc1cc(C)c(C2(CN=C=O)CCCC2)c(C)c1. The predicted molar refractivity (Wildman–Crippen MR) is 73.8 cm³/mol. The Kier molecular flexibility index (Phi) is 3.68. The number of benzene rings is 1. The molecule has 0 amide bonds. The topological polar surface area (TPSA) is 29.4 Å².